The molecule has 6 atom stereocenters. The molecule has 2 saturated carbocycles. The highest BCUT2D eigenvalue weighted by molar-refractivity contribution is 5.86. The van der Waals surface area contributed by atoms with Crippen LogP contribution in [0.2, 0.25) is 0 Å². The van der Waals surface area contributed by atoms with E-state index in [2.05, 4.69) is 18.8 Å². The summed E-state index contributed by atoms with van der Waals surface area (Å²) in [5.74, 6) is 5.65. The van der Waals surface area contributed by atoms with Gasteiger partial charge in [0, 0.05) is 31.6 Å². The number of aliphatic hydroxyl groups is 2. The molecular weight excluding hydrogens is 320 g/mol. The van der Waals surface area contributed by atoms with Gasteiger partial charge in [0.1, 0.15) is 5.78 Å². The highest BCUT2D eigenvalue weighted by Gasteiger charge is 2.64. The first kappa shape index (κ1) is 19.9. The maximum absolute atomic E-state index is 12.1. The predicted molar refractivity (Wildman–Crippen MR) is 93.6 cm³/mol. The zero-order chi connectivity index (χ0) is 18.4. The van der Waals surface area contributed by atoms with Crippen LogP contribution < -0.4 is 0 Å². The van der Waals surface area contributed by atoms with E-state index >= 15 is 0 Å². The molecule has 6 unspecified atom stereocenters. The number of rotatable bonds is 10. The number of ketones is 1. The van der Waals surface area contributed by atoms with Crippen molar-refractivity contribution in [1.82, 2.24) is 0 Å². The normalized spacial score (nSPS) is 29.5. The van der Waals surface area contributed by atoms with E-state index < -0.39 is 18.2 Å². The lowest BCUT2D eigenvalue weighted by atomic mass is 9.91. The fourth-order valence-corrected chi connectivity index (χ4v) is 4.23. The smallest absolute Gasteiger partial charge is 0.303 e. The van der Waals surface area contributed by atoms with Crippen molar-refractivity contribution in [2.75, 3.05) is 0 Å². The number of carboxylic acid groups (broad SMARTS) is 1. The quantitative estimate of drug-likeness (QED) is 0.415. The third-order valence-electron chi connectivity index (χ3n) is 5.64. The Morgan fingerprint density at radius 3 is 2.68 bits per heavy atom. The Kier molecular flexibility index (Phi) is 7.46. The van der Waals surface area contributed by atoms with Gasteiger partial charge in [-0.3, -0.25) is 9.59 Å². The fraction of sp³-hybridized carbons (Fsp3) is 0.800. The molecule has 0 aromatic rings. The Hall–Kier alpha value is -1.38. The number of aliphatic hydroxyl groups excluding tert-OH is 2. The molecule has 0 amide bonds. The number of hydrogen-bond donors (Lipinski definition) is 3. The van der Waals surface area contributed by atoms with Gasteiger partial charge in [0.05, 0.1) is 12.2 Å². The predicted octanol–water partition coefficient (Wildman–Crippen LogP) is 2.39. The van der Waals surface area contributed by atoms with Gasteiger partial charge in [-0.15, -0.1) is 11.8 Å². The second kappa shape index (κ2) is 9.35. The van der Waals surface area contributed by atoms with Gasteiger partial charge >= 0.3 is 5.97 Å². The maximum atomic E-state index is 12.1. The number of carbonyl (C=O) groups excluding carboxylic acids is 1. The van der Waals surface area contributed by atoms with E-state index in [1.54, 1.807) is 0 Å². The summed E-state index contributed by atoms with van der Waals surface area (Å²) in [7, 11) is 0. The Morgan fingerprint density at radius 1 is 1.24 bits per heavy atom. The van der Waals surface area contributed by atoms with E-state index in [1.807, 2.05) is 0 Å². The number of unbranched alkanes of at least 4 members (excludes halogenated alkanes) is 3. The van der Waals surface area contributed by atoms with Crippen LogP contribution in [0.1, 0.15) is 64.7 Å². The third kappa shape index (κ3) is 5.29. The molecular formula is C20H30O5. The first-order valence-corrected chi connectivity index (χ1v) is 9.53. The van der Waals surface area contributed by atoms with Gasteiger partial charge in [0.2, 0.25) is 0 Å². The van der Waals surface area contributed by atoms with E-state index in [0.717, 1.165) is 19.3 Å². The molecule has 2 fully saturated rings. The molecule has 2 rings (SSSR count). The zero-order valence-corrected chi connectivity index (χ0v) is 15.0. The van der Waals surface area contributed by atoms with E-state index in [0.29, 0.717) is 32.1 Å². The van der Waals surface area contributed by atoms with Gasteiger partial charge in [-0.05, 0) is 30.6 Å². The molecule has 5 nitrogen and oxygen atoms in total. The molecule has 0 aromatic heterocycles. The Labute approximate surface area is 149 Å². The lowest BCUT2D eigenvalue weighted by molar-refractivity contribution is -0.137. The molecule has 0 radical (unpaired) electrons. The van der Waals surface area contributed by atoms with E-state index in [1.165, 1.54) is 0 Å². The summed E-state index contributed by atoms with van der Waals surface area (Å²) in [5, 5.41) is 29.2. The average molecular weight is 350 g/mol. The minimum Gasteiger partial charge on any atom is -0.481 e. The van der Waals surface area contributed by atoms with Gasteiger partial charge in [-0.25, -0.2) is 0 Å². The van der Waals surface area contributed by atoms with Gasteiger partial charge in [0.15, 0.2) is 0 Å². The van der Waals surface area contributed by atoms with Crippen LogP contribution in [0.3, 0.4) is 0 Å². The van der Waals surface area contributed by atoms with Crippen molar-refractivity contribution in [3.05, 3.63) is 0 Å². The first-order chi connectivity index (χ1) is 12.0. The largest absolute Gasteiger partial charge is 0.481 e. The molecule has 0 saturated heterocycles. The highest BCUT2D eigenvalue weighted by Crippen LogP contribution is 2.61. The summed E-state index contributed by atoms with van der Waals surface area (Å²) in [6, 6.07) is 0. The number of Topliss-reactive ketones (excluding diaryl/α,β-unsaturated/α-hetero) is 1. The van der Waals surface area contributed by atoms with Gasteiger partial charge < -0.3 is 15.3 Å². The van der Waals surface area contributed by atoms with E-state index in [4.69, 9.17) is 5.11 Å². The number of fused-ring (bicyclic) bond motifs is 1. The van der Waals surface area contributed by atoms with Crippen LogP contribution in [-0.4, -0.2) is 39.3 Å². The summed E-state index contributed by atoms with van der Waals surface area (Å²) in [6.07, 6.45) is 4.41. The lowest BCUT2D eigenvalue weighted by Crippen LogP contribution is -2.31. The van der Waals surface area contributed by atoms with Crippen molar-refractivity contribution < 1.29 is 24.9 Å². The first-order valence-electron chi connectivity index (χ1n) is 9.53. The molecule has 25 heavy (non-hydrogen) atoms. The highest BCUT2D eigenvalue weighted by atomic mass is 16.4. The second-order valence-corrected chi connectivity index (χ2v) is 7.45. The summed E-state index contributed by atoms with van der Waals surface area (Å²) in [4.78, 5) is 22.5. The summed E-state index contributed by atoms with van der Waals surface area (Å²) in [5.41, 5.74) is 0. The fourth-order valence-electron chi connectivity index (χ4n) is 4.23. The van der Waals surface area contributed by atoms with Gasteiger partial charge in [0.25, 0.3) is 0 Å². The van der Waals surface area contributed by atoms with Crippen LogP contribution in [0, 0.1) is 35.5 Å². The number of carbonyl (C=O) groups is 2. The molecule has 140 valence electrons. The van der Waals surface area contributed by atoms with E-state index in [9.17, 15) is 19.8 Å². The standard InChI is InChI=1S/C20H30O5/c1-2-3-6-10-15(21)20(25)19-14-12-16(22)13(18(14)19)9-7-4-5-8-11-17(23)24/h13-15,18-21,25H,2-3,5-6,8-12H2,1H3,(H,23,24). The van der Waals surface area contributed by atoms with Crippen LogP contribution in [0.5, 0.6) is 0 Å². The van der Waals surface area contributed by atoms with Crippen molar-refractivity contribution in [3.8, 4) is 11.8 Å². The molecule has 5 heteroatoms. The van der Waals surface area contributed by atoms with Crippen LogP contribution in [0.4, 0.5) is 0 Å². The number of carboxylic acids is 1. The minimum absolute atomic E-state index is 0.0353. The van der Waals surface area contributed by atoms with Crippen molar-refractivity contribution in [2.45, 2.75) is 76.9 Å². The zero-order valence-electron chi connectivity index (χ0n) is 15.0. The van der Waals surface area contributed by atoms with E-state index in [-0.39, 0.29) is 35.9 Å². The third-order valence-corrected chi connectivity index (χ3v) is 5.64. The Morgan fingerprint density at radius 2 is 2.00 bits per heavy atom. The van der Waals surface area contributed by atoms with Crippen molar-refractivity contribution in [1.29, 1.82) is 0 Å². The Balaban J connectivity index is 1.77. The van der Waals surface area contributed by atoms with Crippen molar-refractivity contribution in [2.24, 2.45) is 23.7 Å². The Bertz CT molecular complexity index is 532. The molecule has 0 aliphatic heterocycles. The molecule has 0 spiro atoms. The molecule has 2 aliphatic rings. The van der Waals surface area contributed by atoms with Crippen LogP contribution in [0.15, 0.2) is 0 Å². The molecule has 0 heterocycles. The minimum atomic E-state index is -0.817. The van der Waals surface area contributed by atoms with Gasteiger partial charge in [-0.2, -0.15) is 0 Å². The van der Waals surface area contributed by atoms with Crippen LogP contribution >= 0.6 is 0 Å². The summed E-state index contributed by atoms with van der Waals surface area (Å²) in [6.45, 7) is 2.10. The second-order valence-electron chi connectivity index (χ2n) is 7.45. The monoisotopic (exact) mass is 350 g/mol. The SMILES string of the molecule is CCCCCC(O)C(O)C1C2CC(=O)C(CC#CCCCC(=O)O)C21. The lowest BCUT2D eigenvalue weighted by Gasteiger charge is -2.20. The molecule has 3 N–H and O–H groups in total. The summed E-state index contributed by atoms with van der Waals surface area (Å²) < 4.78 is 0. The van der Waals surface area contributed by atoms with Crippen molar-refractivity contribution >= 4 is 11.8 Å². The number of hydrogen-bond acceptors (Lipinski definition) is 4. The van der Waals surface area contributed by atoms with Crippen LogP contribution in [-0.2, 0) is 9.59 Å². The molecule has 0 aromatic carbocycles. The maximum Gasteiger partial charge on any atom is 0.303 e. The van der Waals surface area contributed by atoms with Crippen LogP contribution in [0.25, 0.3) is 0 Å². The molecule has 2 aliphatic carbocycles. The topological polar surface area (TPSA) is 94.8 Å². The average Bonchev–Trinajstić information content (AvgIpc) is 3.16. The van der Waals surface area contributed by atoms with Crippen molar-refractivity contribution in [3.63, 3.8) is 0 Å². The molecule has 0 bridgehead atoms. The van der Waals surface area contributed by atoms with Gasteiger partial charge in [-0.1, -0.05) is 26.2 Å². The summed E-state index contributed by atoms with van der Waals surface area (Å²) >= 11 is 0. The number of aliphatic carboxylic acids is 1.